The van der Waals surface area contributed by atoms with Gasteiger partial charge < -0.3 is 15.5 Å². The Labute approximate surface area is 158 Å². The summed E-state index contributed by atoms with van der Waals surface area (Å²) in [4.78, 5) is 36.4. The SMILES string of the molecule is O=C(Nc1ccc(Br)cc1)C1CC(C(=O)O)(C(=O)O)Cc2ccccc21. The number of carboxylic acid groups (broad SMARTS) is 2. The second-order valence-electron chi connectivity index (χ2n) is 6.32. The smallest absolute Gasteiger partial charge is 0.321 e. The van der Waals surface area contributed by atoms with Gasteiger partial charge in [-0.05, 0) is 48.2 Å². The predicted molar refractivity (Wildman–Crippen MR) is 98.0 cm³/mol. The summed E-state index contributed by atoms with van der Waals surface area (Å²) in [5, 5.41) is 21.9. The first-order chi connectivity index (χ1) is 12.3. The quantitative estimate of drug-likeness (QED) is 0.662. The summed E-state index contributed by atoms with van der Waals surface area (Å²) in [6.07, 6.45) is -0.438. The third-order valence-corrected chi connectivity index (χ3v) is 5.25. The highest BCUT2D eigenvalue weighted by atomic mass is 79.9. The summed E-state index contributed by atoms with van der Waals surface area (Å²) in [6.45, 7) is 0. The first-order valence-corrected chi connectivity index (χ1v) is 8.74. The molecule has 0 aromatic heterocycles. The molecule has 0 radical (unpaired) electrons. The van der Waals surface area contributed by atoms with E-state index in [1.54, 1.807) is 48.5 Å². The summed E-state index contributed by atoms with van der Waals surface area (Å²) in [6, 6.07) is 13.8. The zero-order valence-electron chi connectivity index (χ0n) is 13.6. The van der Waals surface area contributed by atoms with Crippen molar-refractivity contribution in [1.82, 2.24) is 0 Å². The molecule has 0 spiro atoms. The van der Waals surface area contributed by atoms with Crippen molar-refractivity contribution in [2.24, 2.45) is 5.41 Å². The highest BCUT2D eigenvalue weighted by molar-refractivity contribution is 9.10. The van der Waals surface area contributed by atoms with Gasteiger partial charge in [0.25, 0.3) is 0 Å². The van der Waals surface area contributed by atoms with Gasteiger partial charge in [-0.25, -0.2) is 0 Å². The van der Waals surface area contributed by atoms with E-state index in [4.69, 9.17) is 0 Å². The monoisotopic (exact) mass is 417 g/mol. The van der Waals surface area contributed by atoms with Crippen LogP contribution < -0.4 is 5.32 Å². The van der Waals surface area contributed by atoms with Gasteiger partial charge in [0.1, 0.15) is 0 Å². The van der Waals surface area contributed by atoms with Crippen molar-refractivity contribution < 1.29 is 24.6 Å². The van der Waals surface area contributed by atoms with E-state index in [1.165, 1.54) is 0 Å². The molecule has 2 aromatic carbocycles. The van der Waals surface area contributed by atoms with Crippen LogP contribution in [0.4, 0.5) is 5.69 Å². The number of rotatable bonds is 4. The minimum Gasteiger partial charge on any atom is -0.480 e. The van der Waals surface area contributed by atoms with Crippen molar-refractivity contribution in [1.29, 1.82) is 0 Å². The number of nitrogens with one attached hydrogen (secondary N) is 1. The van der Waals surface area contributed by atoms with Crippen LogP contribution in [0.15, 0.2) is 53.0 Å². The van der Waals surface area contributed by atoms with Crippen molar-refractivity contribution in [3.05, 3.63) is 64.1 Å². The number of halogens is 1. The van der Waals surface area contributed by atoms with Crippen molar-refractivity contribution in [2.45, 2.75) is 18.8 Å². The van der Waals surface area contributed by atoms with Crippen LogP contribution in [0.25, 0.3) is 0 Å². The van der Waals surface area contributed by atoms with E-state index in [-0.39, 0.29) is 12.8 Å². The maximum Gasteiger partial charge on any atom is 0.321 e. The van der Waals surface area contributed by atoms with Gasteiger partial charge in [0, 0.05) is 10.2 Å². The van der Waals surface area contributed by atoms with Crippen LogP contribution in [0, 0.1) is 5.41 Å². The van der Waals surface area contributed by atoms with Crippen LogP contribution in [-0.4, -0.2) is 28.1 Å². The molecule has 2 aromatic rings. The number of hydrogen-bond acceptors (Lipinski definition) is 3. The molecule has 0 saturated heterocycles. The molecule has 0 fully saturated rings. The molecule has 0 aliphatic heterocycles. The summed E-state index contributed by atoms with van der Waals surface area (Å²) >= 11 is 3.31. The molecule has 0 bridgehead atoms. The average molecular weight is 418 g/mol. The Morgan fingerprint density at radius 2 is 1.62 bits per heavy atom. The van der Waals surface area contributed by atoms with E-state index in [0.29, 0.717) is 16.8 Å². The highest BCUT2D eigenvalue weighted by Crippen LogP contribution is 2.43. The van der Waals surface area contributed by atoms with Gasteiger partial charge in [-0.2, -0.15) is 0 Å². The Kier molecular flexibility index (Phi) is 4.82. The lowest BCUT2D eigenvalue weighted by atomic mass is 9.66. The predicted octanol–water partition coefficient (Wildman–Crippen LogP) is 3.27. The molecule has 3 N–H and O–H groups in total. The Morgan fingerprint density at radius 3 is 2.23 bits per heavy atom. The molecule has 134 valence electrons. The van der Waals surface area contributed by atoms with Gasteiger partial charge in [-0.15, -0.1) is 0 Å². The van der Waals surface area contributed by atoms with E-state index < -0.39 is 29.2 Å². The molecular weight excluding hydrogens is 402 g/mol. The molecule has 1 atom stereocenters. The average Bonchev–Trinajstić information content (AvgIpc) is 2.62. The fraction of sp³-hybridized carbons (Fsp3) is 0.211. The van der Waals surface area contributed by atoms with Gasteiger partial charge >= 0.3 is 11.9 Å². The maximum absolute atomic E-state index is 12.8. The largest absolute Gasteiger partial charge is 0.480 e. The number of aliphatic carboxylic acids is 2. The van der Waals surface area contributed by atoms with Crippen molar-refractivity contribution >= 4 is 39.5 Å². The summed E-state index contributed by atoms with van der Waals surface area (Å²) in [5.74, 6) is -4.15. The number of carboxylic acids is 2. The van der Waals surface area contributed by atoms with Crippen LogP contribution in [0.5, 0.6) is 0 Å². The molecule has 26 heavy (non-hydrogen) atoms. The van der Waals surface area contributed by atoms with E-state index in [9.17, 15) is 24.6 Å². The lowest BCUT2D eigenvalue weighted by Gasteiger charge is -2.35. The zero-order valence-corrected chi connectivity index (χ0v) is 15.2. The molecule has 1 amide bonds. The summed E-state index contributed by atoms with van der Waals surface area (Å²) < 4.78 is 0.856. The lowest BCUT2D eigenvalue weighted by Crippen LogP contribution is -2.47. The lowest BCUT2D eigenvalue weighted by molar-refractivity contribution is -0.166. The van der Waals surface area contributed by atoms with E-state index in [0.717, 1.165) is 4.47 Å². The molecular formula is C19H16BrNO5. The second-order valence-corrected chi connectivity index (χ2v) is 7.24. The number of hydrogen-bond donors (Lipinski definition) is 3. The standard InChI is InChI=1S/C19H16BrNO5/c20-12-5-7-13(8-6-12)21-16(22)15-10-19(17(23)24,18(25)26)9-11-3-1-2-4-14(11)15/h1-8,15H,9-10H2,(H,21,22)(H,23,24)(H,25,26). The minimum atomic E-state index is -2.02. The first kappa shape index (κ1) is 18.1. The Hall–Kier alpha value is -2.67. The number of carbonyl (C=O) groups is 3. The Bertz CT molecular complexity index is 864. The number of benzene rings is 2. The zero-order chi connectivity index (χ0) is 18.9. The summed E-state index contributed by atoms with van der Waals surface area (Å²) in [5.41, 5.74) is -0.229. The normalized spacial score (nSPS) is 17.8. The van der Waals surface area contributed by atoms with Crippen molar-refractivity contribution in [3.8, 4) is 0 Å². The van der Waals surface area contributed by atoms with Crippen LogP contribution >= 0.6 is 15.9 Å². The van der Waals surface area contributed by atoms with Crippen molar-refractivity contribution in [3.63, 3.8) is 0 Å². The molecule has 6 nitrogen and oxygen atoms in total. The minimum absolute atomic E-state index is 0.143. The van der Waals surface area contributed by atoms with Gasteiger partial charge in [0.05, 0.1) is 5.92 Å². The molecule has 3 rings (SSSR count). The number of anilines is 1. The van der Waals surface area contributed by atoms with Crippen LogP contribution in [0.3, 0.4) is 0 Å². The molecule has 1 unspecified atom stereocenters. The van der Waals surface area contributed by atoms with Crippen LogP contribution in [0.2, 0.25) is 0 Å². The molecule has 7 heteroatoms. The van der Waals surface area contributed by atoms with Gasteiger partial charge in [-0.3, -0.25) is 14.4 Å². The highest BCUT2D eigenvalue weighted by Gasteiger charge is 2.52. The number of carbonyl (C=O) groups excluding carboxylic acids is 1. The molecule has 1 aliphatic carbocycles. The fourth-order valence-corrected chi connectivity index (χ4v) is 3.57. The van der Waals surface area contributed by atoms with E-state index >= 15 is 0 Å². The van der Waals surface area contributed by atoms with E-state index in [2.05, 4.69) is 21.2 Å². The third kappa shape index (κ3) is 3.22. The maximum atomic E-state index is 12.8. The second kappa shape index (κ2) is 6.92. The van der Waals surface area contributed by atoms with Crippen LogP contribution in [0.1, 0.15) is 23.5 Å². The number of amides is 1. The summed E-state index contributed by atoms with van der Waals surface area (Å²) in [7, 11) is 0. The van der Waals surface area contributed by atoms with Gasteiger partial charge in [0.2, 0.25) is 5.91 Å². The number of fused-ring (bicyclic) bond motifs is 1. The molecule has 0 heterocycles. The third-order valence-electron chi connectivity index (χ3n) is 4.72. The first-order valence-electron chi connectivity index (χ1n) is 7.94. The molecule has 1 aliphatic rings. The van der Waals surface area contributed by atoms with E-state index in [1.807, 2.05) is 0 Å². The topological polar surface area (TPSA) is 104 Å². The molecule has 0 saturated carbocycles. The fourth-order valence-electron chi connectivity index (χ4n) is 3.30. The van der Waals surface area contributed by atoms with Gasteiger partial charge in [-0.1, -0.05) is 40.2 Å². The van der Waals surface area contributed by atoms with Crippen LogP contribution in [-0.2, 0) is 20.8 Å². The van der Waals surface area contributed by atoms with Gasteiger partial charge in [0.15, 0.2) is 5.41 Å². The van der Waals surface area contributed by atoms with Crippen molar-refractivity contribution in [2.75, 3.05) is 5.32 Å². The Balaban J connectivity index is 1.98. The Morgan fingerprint density at radius 1 is 1.00 bits per heavy atom.